The number of likely N-dealkylation sites (tertiary alicyclic amines) is 1. The largest absolute Gasteiger partial charge is 0.310 e. The SMILES string of the molecule is CCn1ncc(Br)c1C(NC)C(C)(C)N1CCCCCC1. The maximum atomic E-state index is 4.49. The molecule has 1 unspecified atom stereocenters. The Bertz CT molecular complexity index is 447. The van der Waals surface area contributed by atoms with E-state index in [2.05, 4.69) is 63.7 Å². The van der Waals surface area contributed by atoms with Gasteiger partial charge in [0.25, 0.3) is 0 Å². The molecule has 2 rings (SSSR count). The second-order valence-corrected chi connectivity index (χ2v) is 7.32. The van der Waals surface area contributed by atoms with Crippen molar-refractivity contribution in [2.75, 3.05) is 20.1 Å². The van der Waals surface area contributed by atoms with Crippen LogP contribution in [-0.4, -0.2) is 40.4 Å². The van der Waals surface area contributed by atoms with Gasteiger partial charge in [0, 0.05) is 12.1 Å². The lowest BCUT2D eigenvalue weighted by Crippen LogP contribution is -2.53. The van der Waals surface area contributed by atoms with E-state index in [0.29, 0.717) is 0 Å². The first-order valence-corrected chi connectivity index (χ1v) is 8.95. The van der Waals surface area contributed by atoms with E-state index >= 15 is 0 Å². The third kappa shape index (κ3) is 3.51. The lowest BCUT2D eigenvalue weighted by Gasteiger charge is -2.44. The molecule has 0 bridgehead atoms. The number of hydrogen-bond acceptors (Lipinski definition) is 3. The predicted octanol–water partition coefficient (Wildman–Crippen LogP) is 3.58. The van der Waals surface area contributed by atoms with Crippen LogP contribution in [-0.2, 0) is 6.54 Å². The summed E-state index contributed by atoms with van der Waals surface area (Å²) in [7, 11) is 2.06. The highest BCUT2D eigenvalue weighted by Gasteiger charge is 2.38. The zero-order valence-corrected chi connectivity index (χ0v) is 15.4. The zero-order valence-electron chi connectivity index (χ0n) is 13.8. The number of likely N-dealkylation sites (N-methyl/N-ethyl adjacent to an activating group) is 1. The minimum Gasteiger partial charge on any atom is -0.310 e. The van der Waals surface area contributed by atoms with Crippen LogP contribution < -0.4 is 5.32 Å². The van der Waals surface area contributed by atoms with Gasteiger partial charge in [0.2, 0.25) is 0 Å². The lowest BCUT2D eigenvalue weighted by atomic mass is 9.89. The quantitative estimate of drug-likeness (QED) is 0.874. The summed E-state index contributed by atoms with van der Waals surface area (Å²) < 4.78 is 3.21. The number of nitrogens with zero attached hydrogens (tertiary/aromatic N) is 3. The molecule has 0 aliphatic carbocycles. The summed E-state index contributed by atoms with van der Waals surface area (Å²) in [6.45, 7) is 10.2. The van der Waals surface area contributed by atoms with Crippen molar-refractivity contribution < 1.29 is 0 Å². The number of nitrogens with one attached hydrogen (secondary N) is 1. The van der Waals surface area contributed by atoms with Gasteiger partial charge in [0.1, 0.15) is 0 Å². The topological polar surface area (TPSA) is 33.1 Å². The van der Waals surface area contributed by atoms with Crippen molar-refractivity contribution in [3.8, 4) is 0 Å². The summed E-state index contributed by atoms with van der Waals surface area (Å²) in [5.41, 5.74) is 1.32. The summed E-state index contributed by atoms with van der Waals surface area (Å²) in [6, 6.07) is 0.257. The predicted molar refractivity (Wildman–Crippen MR) is 91.5 cm³/mol. The third-order valence-corrected chi connectivity index (χ3v) is 5.43. The number of rotatable bonds is 5. The molecule has 0 aromatic carbocycles. The molecule has 1 aliphatic rings. The van der Waals surface area contributed by atoms with Gasteiger partial charge in [-0.15, -0.1) is 0 Å². The maximum absolute atomic E-state index is 4.49. The van der Waals surface area contributed by atoms with Crippen molar-refractivity contribution in [2.24, 2.45) is 0 Å². The van der Waals surface area contributed by atoms with Crippen LogP contribution in [0.4, 0.5) is 0 Å². The molecule has 0 spiro atoms. The Balaban J connectivity index is 2.31. The fourth-order valence-corrected chi connectivity index (χ4v) is 4.09. The Labute approximate surface area is 137 Å². The van der Waals surface area contributed by atoms with Crippen LogP contribution in [0.25, 0.3) is 0 Å². The van der Waals surface area contributed by atoms with E-state index < -0.39 is 0 Å². The Morgan fingerprint density at radius 1 is 1.29 bits per heavy atom. The molecule has 0 amide bonds. The second kappa shape index (κ2) is 7.25. The summed E-state index contributed by atoms with van der Waals surface area (Å²) in [5.74, 6) is 0. The van der Waals surface area contributed by atoms with E-state index in [1.165, 1.54) is 44.5 Å². The Morgan fingerprint density at radius 3 is 2.43 bits per heavy atom. The van der Waals surface area contributed by atoms with Crippen LogP contribution >= 0.6 is 15.9 Å². The van der Waals surface area contributed by atoms with Gasteiger partial charge >= 0.3 is 0 Å². The summed E-state index contributed by atoms with van der Waals surface area (Å²) >= 11 is 3.69. The summed E-state index contributed by atoms with van der Waals surface area (Å²) in [4.78, 5) is 2.65. The molecule has 1 saturated heterocycles. The average Bonchev–Trinajstić information content (AvgIpc) is 2.69. The van der Waals surface area contributed by atoms with Crippen molar-refractivity contribution in [3.05, 3.63) is 16.4 Å². The van der Waals surface area contributed by atoms with Crippen molar-refractivity contribution in [3.63, 3.8) is 0 Å². The third-order valence-electron chi connectivity index (χ3n) is 4.82. The molecule has 1 fully saturated rings. The molecule has 5 heteroatoms. The molecule has 120 valence electrons. The van der Waals surface area contributed by atoms with Crippen LogP contribution in [0, 0.1) is 0 Å². The molecule has 0 saturated carbocycles. The molecule has 1 aromatic heterocycles. The van der Waals surface area contributed by atoms with E-state index in [4.69, 9.17) is 0 Å². The first-order valence-electron chi connectivity index (χ1n) is 8.15. The number of aryl methyl sites for hydroxylation is 1. The smallest absolute Gasteiger partial charge is 0.0714 e. The first-order chi connectivity index (χ1) is 10.0. The number of aromatic nitrogens is 2. The average molecular weight is 357 g/mol. The monoisotopic (exact) mass is 356 g/mol. The second-order valence-electron chi connectivity index (χ2n) is 6.47. The molecule has 4 nitrogen and oxygen atoms in total. The van der Waals surface area contributed by atoms with Gasteiger partial charge in [0.05, 0.1) is 22.4 Å². The van der Waals surface area contributed by atoms with Crippen molar-refractivity contribution in [1.82, 2.24) is 20.0 Å². The summed E-state index contributed by atoms with van der Waals surface area (Å²) in [5, 5.41) is 8.04. The Hall–Kier alpha value is -0.390. The van der Waals surface area contributed by atoms with Crippen molar-refractivity contribution in [1.29, 1.82) is 0 Å². The van der Waals surface area contributed by atoms with Gasteiger partial charge in [-0.3, -0.25) is 9.58 Å². The molecular formula is C16H29BrN4. The van der Waals surface area contributed by atoms with E-state index in [-0.39, 0.29) is 11.6 Å². The van der Waals surface area contributed by atoms with E-state index in [1.54, 1.807) is 0 Å². The van der Waals surface area contributed by atoms with Crippen LogP contribution in [0.3, 0.4) is 0 Å². The minimum absolute atomic E-state index is 0.0641. The highest BCUT2D eigenvalue weighted by Crippen LogP contribution is 2.35. The number of hydrogen-bond donors (Lipinski definition) is 1. The van der Waals surface area contributed by atoms with Crippen LogP contribution in [0.1, 0.15) is 58.2 Å². The molecule has 1 aromatic rings. The molecule has 1 aliphatic heterocycles. The standard InChI is InChI=1S/C16H29BrN4/c1-5-21-14(13(17)12-19-21)15(18-4)16(2,3)20-10-8-6-7-9-11-20/h12,15,18H,5-11H2,1-4H3. The van der Waals surface area contributed by atoms with Gasteiger partial charge in [-0.1, -0.05) is 12.8 Å². The normalized spacial score (nSPS) is 19.5. The van der Waals surface area contributed by atoms with Crippen LogP contribution in [0.15, 0.2) is 10.7 Å². The Morgan fingerprint density at radius 2 is 1.90 bits per heavy atom. The van der Waals surface area contributed by atoms with Gasteiger partial charge < -0.3 is 5.32 Å². The molecule has 21 heavy (non-hydrogen) atoms. The fourth-order valence-electron chi connectivity index (χ4n) is 3.57. The summed E-state index contributed by atoms with van der Waals surface area (Å²) in [6.07, 6.45) is 7.28. The van der Waals surface area contributed by atoms with E-state index in [0.717, 1.165) is 11.0 Å². The van der Waals surface area contributed by atoms with Gasteiger partial charge in [-0.05, 0) is 69.7 Å². The molecule has 2 heterocycles. The van der Waals surface area contributed by atoms with Gasteiger partial charge in [-0.25, -0.2) is 0 Å². The molecule has 1 atom stereocenters. The van der Waals surface area contributed by atoms with Crippen LogP contribution in [0.2, 0.25) is 0 Å². The number of halogens is 1. The molecular weight excluding hydrogens is 328 g/mol. The zero-order chi connectivity index (χ0) is 15.5. The highest BCUT2D eigenvalue weighted by molar-refractivity contribution is 9.10. The molecule has 0 radical (unpaired) electrons. The fraction of sp³-hybridized carbons (Fsp3) is 0.812. The van der Waals surface area contributed by atoms with Gasteiger partial charge in [0.15, 0.2) is 0 Å². The highest BCUT2D eigenvalue weighted by atomic mass is 79.9. The van der Waals surface area contributed by atoms with Gasteiger partial charge in [-0.2, -0.15) is 5.10 Å². The first kappa shape index (κ1) is 17.0. The van der Waals surface area contributed by atoms with Crippen molar-refractivity contribution >= 4 is 15.9 Å². The Kier molecular flexibility index (Phi) is 5.86. The van der Waals surface area contributed by atoms with Crippen molar-refractivity contribution in [2.45, 2.75) is 64.6 Å². The minimum atomic E-state index is 0.0641. The molecule has 1 N–H and O–H groups in total. The van der Waals surface area contributed by atoms with E-state index in [9.17, 15) is 0 Å². The van der Waals surface area contributed by atoms with Crippen LogP contribution in [0.5, 0.6) is 0 Å². The maximum Gasteiger partial charge on any atom is 0.0714 e. The lowest BCUT2D eigenvalue weighted by molar-refractivity contribution is 0.0827. The van der Waals surface area contributed by atoms with E-state index in [1.807, 2.05) is 6.20 Å².